The molecule has 0 aliphatic carbocycles. The molecule has 1 heterocycles. The Morgan fingerprint density at radius 3 is 2.68 bits per heavy atom. The van der Waals surface area contributed by atoms with Gasteiger partial charge in [-0.2, -0.15) is 18.3 Å². The summed E-state index contributed by atoms with van der Waals surface area (Å²) in [6, 6.07) is 6.15. The minimum atomic E-state index is -4.43. The highest BCUT2D eigenvalue weighted by Crippen LogP contribution is 2.29. The molecule has 0 bridgehead atoms. The fraction of sp³-hybridized carbons (Fsp3) is 0.333. The van der Waals surface area contributed by atoms with E-state index in [0.717, 1.165) is 6.07 Å². The summed E-state index contributed by atoms with van der Waals surface area (Å²) in [5, 5.41) is 10.6. The maximum Gasteiger partial charge on any atom is 0.435 e. The molecule has 0 atom stereocenters. The average Bonchev–Trinajstić information content (AvgIpc) is 2.90. The molecular formula is C15H15Cl2F3N4S. The maximum absolute atomic E-state index is 12.6. The Morgan fingerprint density at radius 1 is 1.32 bits per heavy atom. The van der Waals surface area contributed by atoms with E-state index in [-0.39, 0.29) is 0 Å². The normalized spacial score (nSPS) is 11.4. The fourth-order valence-electron chi connectivity index (χ4n) is 2.07. The van der Waals surface area contributed by atoms with Crippen molar-refractivity contribution in [2.24, 2.45) is 0 Å². The van der Waals surface area contributed by atoms with Crippen molar-refractivity contribution in [2.45, 2.75) is 26.1 Å². The number of aryl methyl sites for hydroxylation is 2. The first-order valence-corrected chi connectivity index (χ1v) is 8.45. The minimum Gasteiger partial charge on any atom is -0.362 e. The van der Waals surface area contributed by atoms with E-state index in [1.165, 1.54) is 4.68 Å². The zero-order valence-electron chi connectivity index (χ0n) is 13.1. The number of aromatic nitrogens is 2. The molecule has 136 valence electrons. The molecule has 1 aromatic heterocycles. The molecule has 0 amide bonds. The summed E-state index contributed by atoms with van der Waals surface area (Å²) >= 11 is 17.1. The summed E-state index contributed by atoms with van der Waals surface area (Å²) in [6.45, 7) is 2.39. The summed E-state index contributed by atoms with van der Waals surface area (Å²) in [5.74, 6) is 0. The van der Waals surface area contributed by atoms with Gasteiger partial charge >= 0.3 is 6.18 Å². The summed E-state index contributed by atoms with van der Waals surface area (Å²) in [6.07, 6.45) is -3.89. The second kappa shape index (κ2) is 8.25. The van der Waals surface area contributed by atoms with E-state index in [9.17, 15) is 13.2 Å². The molecule has 0 saturated heterocycles. The number of rotatable bonds is 5. The number of nitrogens with one attached hydrogen (secondary N) is 2. The van der Waals surface area contributed by atoms with E-state index in [0.29, 0.717) is 46.0 Å². The van der Waals surface area contributed by atoms with Crippen LogP contribution in [0.5, 0.6) is 0 Å². The molecule has 10 heteroatoms. The zero-order chi connectivity index (χ0) is 18.6. The van der Waals surface area contributed by atoms with Gasteiger partial charge in [0.05, 0.1) is 15.7 Å². The number of hydrogen-bond acceptors (Lipinski definition) is 2. The third-order valence-electron chi connectivity index (χ3n) is 3.30. The molecule has 0 spiro atoms. The van der Waals surface area contributed by atoms with E-state index in [4.69, 9.17) is 35.4 Å². The number of alkyl halides is 3. The SMILES string of the molecule is Cc1cc(C(F)(F)F)nn1CCCNC(=S)Nc1cccc(Cl)c1Cl. The van der Waals surface area contributed by atoms with Gasteiger partial charge in [-0.25, -0.2) is 0 Å². The van der Waals surface area contributed by atoms with Crippen molar-refractivity contribution in [3.63, 3.8) is 0 Å². The van der Waals surface area contributed by atoms with Gasteiger partial charge < -0.3 is 10.6 Å². The largest absolute Gasteiger partial charge is 0.435 e. The van der Waals surface area contributed by atoms with Gasteiger partial charge in [0.1, 0.15) is 0 Å². The van der Waals surface area contributed by atoms with Gasteiger partial charge in [0.15, 0.2) is 10.8 Å². The summed E-state index contributed by atoms with van der Waals surface area (Å²) in [7, 11) is 0. The number of anilines is 1. The van der Waals surface area contributed by atoms with Gasteiger partial charge in [-0.1, -0.05) is 29.3 Å². The van der Waals surface area contributed by atoms with Gasteiger partial charge in [0.2, 0.25) is 0 Å². The predicted molar refractivity (Wildman–Crippen MR) is 97.3 cm³/mol. The number of hydrogen-bond donors (Lipinski definition) is 2. The summed E-state index contributed by atoms with van der Waals surface area (Å²) in [4.78, 5) is 0. The van der Waals surface area contributed by atoms with Crippen molar-refractivity contribution < 1.29 is 13.2 Å². The van der Waals surface area contributed by atoms with E-state index in [2.05, 4.69) is 15.7 Å². The van der Waals surface area contributed by atoms with Crippen LogP contribution in [0.3, 0.4) is 0 Å². The highest BCUT2D eigenvalue weighted by molar-refractivity contribution is 7.80. The fourth-order valence-corrected chi connectivity index (χ4v) is 2.63. The second-order valence-corrected chi connectivity index (χ2v) is 6.42. The minimum absolute atomic E-state index is 0.343. The Balaban J connectivity index is 1.80. The van der Waals surface area contributed by atoms with E-state index in [1.54, 1.807) is 25.1 Å². The van der Waals surface area contributed by atoms with Gasteiger partial charge in [0, 0.05) is 18.8 Å². The quantitative estimate of drug-likeness (QED) is 0.543. The van der Waals surface area contributed by atoms with Crippen molar-refractivity contribution in [1.82, 2.24) is 15.1 Å². The Morgan fingerprint density at radius 2 is 2.04 bits per heavy atom. The molecule has 25 heavy (non-hydrogen) atoms. The highest BCUT2D eigenvalue weighted by Gasteiger charge is 2.34. The lowest BCUT2D eigenvalue weighted by Crippen LogP contribution is -2.30. The van der Waals surface area contributed by atoms with Gasteiger partial charge in [-0.05, 0) is 43.8 Å². The lowest BCUT2D eigenvalue weighted by atomic mass is 10.3. The molecule has 4 nitrogen and oxygen atoms in total. The van der Waals surface area contributed by atoms with Crippen LogP contribution in [0, 0.1) is 6.92 Å². The van der Waals surface area contributed by atoms with Gasteiger partial charge in [-0.15, -0.1) is 0 Å². The van der Waals surface area contributed by atoms with Crippen LogP contribution in [0.25, 0.3) is 0 Å². The molecule has 0 aliphatic rings. The first kappa shape index (κ1) is 19.8. The molecule has 0 radical (unpaired) electrons. The van der Waals surface area contributed by atoms with Crippen LogP contribution in [-0.2, 0) is 12.7 Å². The number of thiocarbonyl (C=S) groups is 1. The van der Waals surface area contributed by atoms with E-state index < -0.39 is 11.9 Å². The highest BCUT2D eigenvalue weighted by atomic mass is 35.5. The zero-order valence-corrected chi connectivity index (χ0v) is 15.5. The monoisotopic (exact) mass is 410 g/mol. The molecular weight excluding hydrogens is 396 g/mol. The van der Waals surface area contributed by atoms with Crippen LogP contribution >= 0.6 is 35.4 Å². The van der Waals surface area contributed by atoms with Crippen molar-refractivity contribution in [2.75, 3.05) is 11.9 Å². The van der Waals surface area contributed by atoms with Crippen LogP contribution in [0.4, 0.5) is 18.9 Å². The number of nitrogens with zero attached hydrogens (tertiary/aromatic N) is 2. The number of halogens is 5. The van der Waals surface area contributed by atoms with Crippen molar-refractivity contribution in [3.8, 4) is 0 Å². The topological polar surface area (TPSA) is 41.9 Å². The standard InChI is InChI=1S/C15H15Cl2F3N4S/c1-9-8-12(15(18,19)20)23-24(9)7-3-6-21-14(25)22-11-5-2-4-10(16)13(11)17/h2,4-5,8H,3,6-7H2,1H3,(H2,21,22,25). The van der Waals surface area contributed by atoms with E-state index in [1.807, 2.05) is 0 Å². The van der Waals surface area contributed by atoms with E-state index >= 15 is 0 Å². The van der Waals surface area contributed by atoms with Crippen LogP contribution in [0.15, 0.2) is 24.3 Å². The first-order chi connectivity index (χ1) is 11.7. The van der Waals surface area contributed by atoms with Gasteiger partial charge in [0.25, 0.3) is 0 Å². The third-order valence-corrected chi connectivity index (χ3v) is 4.37. The predicted octanol–water partition coefficient (Wildman–Crippen LogP) is 4.89. The summed E-state index contributed by atoms with van der Waals surface area (Å²) in [5.41, 5.74) is 0.147. The van der Waals surface area contributed by atoms with Crippen LogP contribution in [0.2, 0.25) is 10.0 Å². The van der Waals surface area contributed by atoms with Crippen LogP contribution in [-0.4, -0.2) is 21.4 Å². The molecule has 0 unspecified atom stereocenters. The Hall–Kier alpha value is -1.51. The molecule has 1 aromatic carbocycles. The maximum atomic E-state index is 12.6. The lowest BCUT2D eigenvalue weighted by molar-refractivity contribution is -0.141. The molecule has 0 saturated carbocycles. The van der Waals surface area contributed by atoms with Crippen molar-refractivity contribution in [1.29, 1.82) is 0 Å². The molecule has 0 fully saturated rings. The Bertz CT molecular complexity index is 762. The average molecular weight is 411 g/mol. The Kier molecular flexibility index (Phi) is 6.53. The number of benzene rings is 1. The first-order valence-electron chi connectivity index (χ1n) is 7.29. The van der Waals surface area contributed by atoms with Crippen LogP contribution < -0.4 is 10.6 Å². The van der Waals surface area contributed by atoms with Crippen LogP contribution in [0.1, 0.15) is 17.8 Å². The summed E-state index contributed by atoms with van der Waals surface area (Å²) < 4.78 is 39.2. The van der Waals surface area contributed by atoms with Crippen molar-refractivity contribution in [3.05, 3.63) is 45.7 Å². The third kappa shape index (κ3) is 5.49. The van der Waals surface area contributed by atoms with Gasteiger partial charge in [-0.3, -0.25) is 4.68 Å². The molecule has 2 rings (SSSR count). The Labute approximate surface area is 158 Å². The second-order valence-electron chi connectivity index (χ2n) is 5.23. The molecule has 2 aromatic rings. The lowest BCUT2D eigenvalue weighted by Gasteiger charge is -2.12. The smallest absolute Gasteiger partial charge is 0.362 e. The molecule has 2 N–H and O–H groups in total. The van der Waals surface area contributed by atoms with Crippen molar-refractivity contribution >= 4 is 46.2 Å². The molecule has 0 aliphatic heterocycles.